The summed E-state index contributed by atoms with van der Waals surface area (Å²) >= 11 is 7.50. The predicted molar refractivity (Wildman–Crippen MR) is 105 cm³/mol. The van der Waals surface area contributed by atoms with Crippen LogP contribution in [0.5, 0.6) is 5.75 Å². The average molecular weight is 406 g/mol. The molecule has 3 aromatic rings. The van der Waals surface area contributed by atoms with Gasteiger partial charge in [-0.3, -0.25) is 4.79 Å². The van der Waals surface area contributed by atoms with Crippen molar-refractivity contribution in [2.24, 2.45) is 4.99 Å². The van der Waals surface area contributed by atoms with Gasteiger partial charge in [0.25, 0.3) is 5.91 Å². The van der Waals surface area contributed by atoms with Crippen molar-refractivity contribution < 1.29 is 13.9 Å². The number of carbonyl (C=O) groups is 1. The van der Waals surface area contributed by atoms with Crippen LogP contribution in [0.2, 0.25) is 5.02 Å². The molecule has 0 radical (unpaired) electrons. The number of carbonyl (C=O) groups excluding carboxylic acids is 1. The van der Waals surface area contributed by atoms with Gasteiger partial charge in [0.05, 0.1) is 18.9 Å². The monoisotopic (exact) mass is 405 g/mol. The van der Waals surface area contributed by atoms with Gasteiger partial charge in [0.1, 0.15) is 18.6 Å². The Bertz CT molecular complexity index is 1010. The minimum Gasteiger partial charge on any atom is -0.496 e. The molecule has 2 aromatic heterocycles. The lowest BCUT2D eigenvalue weighted by Crippen LogP contribution is -2.17. The Morgan fingerprint density at radius 2 is 2.19 bits per heavy atom. The largest absolute Gasteiger partial charge is 0.496 e. The third-order valence-electron chi connectivity index (χ3n) is 3.84. The maximum atomic E-state index is 12.8. The summed E-state index contributed by atoms with van der Waals surface area (Å²) in [5, 5.41) is 0.448. The molecule has 27 heavy (non-hydrogen) atoms. The van der Waals surface area contributed by atoms with Crippen molar-refractivity contribution in [3.8, 4) is 5.75 Å². The highest BCUT2D eigenvalue weighted by atomic mass is 35.5. The van der Waals surface area contributed by atoms with E-state index >= 15 is 0 Å². The van der Waals surface area contributed by atoms with Crippen molar-refractivity contribution in [2.75, 3.05) is 7.11 Å². The molecule has 8 heteroatoms. The Morgan fingerprint density at radius 3 is 2.81 bits per heavy atom. The number of aromatic nitrogens is 2. The zero-order valence-corrected chi connectivity index (χ0v) is 17.1. The summed E-state index contributed by atoms with van der Waals surface area (Å²) in [7, 11) is 1.51. The van der Waals surface area contributed by atoms with Crippen LogP contribution >= 0.6 is 22.9 Å². The number of ether oxygens (including phenoxy) is 1. The molecule has 1 amide bonds. The van der Waals surface area contributed by atoms with Gasteiger partial charge in [-0.15, -0.1) is 11.3 Å². The van der Waals surface area contributed by atoms with Gasteiger partial charge >= 0.3 is 0 Å². The maximum absolute atomic E-state index is 12.8. The summed E-state index contributed by atoms with van der Waals surface area (Å²) in [5.41, 5.74) is 0.242. The number of hydrogen-bond donors (Lipinski definition) is 0. The molecule has 1 aromatic carbocycles. The van der Waals surface area contributed by atoms with E-state index in [1.54, 1.807) is 24.4 Å². The molecule has 0 aliphatic carbocycles. The molecule has 6 nitrogen and oxygen atoms in total. The summed E-state index contributed by atoms with van der Waals surface area (Å²) in [5.74, 6) is 0.556. The van der Waals surface area contributed by atoms with Gasteiger partial charge in [0, 0.05) is 16.1 Å². The number of nitrogens with zero attached hydrogens (tertiary/aromatic N) is 3. The molecule has 0 N–H and O–H groups in total. The zero-order chi connectivity index (χ0) is 19.6. The Labute approximate surface area is 166 Å². The molecule has 0 atom stereocenters. The van der Waals surface area contributed by atoms with E-state index < -0.39 is 5.91 Å². The van der Waals surface area contributed by atoms with Crippen molar-refractivity contribution >= 4 is 28.8 Å². The molecule has 0 aliphatic rings. The minimum atomic E-state index is -0.419. The lowest BCUT2D eigenvalue weighted by molar-refractivity contribution is 0.0995. The van der Waals surface area contributed by atoms with E-state index in [-0.39, 0.29) is 5.41 Å². The first-order valence-corrected chi connectivity index (χ1v) is 9.49. The average Bonchev–Trinajstić information content (AvgIpc) is 3.25. The molecular weight excluding hydrogens is 386 g/mol. The fourth-order valence-electron chi connectivity index (χ4n) is 2.40. The molecule has 0 aliphatic heterocycles. The van der Waals surface area contributed by atoms with Crippen molar-refractivity contribution in [1.29, 1.82) is 0 Å². The van der Waals surface area contributed by atoms with E-state index in [1.165, 1.54) is 24.7 Å². The van der Waals surface area contributed by atoms with E-state index in [0.717, 1.165) is 4.88 Å². The van der Waals surface area contributed by atoms with Crippen LogP contribution in [-0.2, 0) is 12.0 Å². The first-order chi connectivity index (χ1) is 12.8. The van der Waals surface area contributed by atoms with E-state index in [0.29, 0.717) is 33.6 Å². The molecular formula is C19H20ClN3O3S. The standard InChI is InChI=1S/C19H20ClN3O3S/c1-19(2,3)15-10-23(11-16-21-7-8-26-16)18(27-15)22-17(24)13-9-12(20)5-6-14(13)25-4/h5-10H,11H2,1-4H3. The summed E-state index contributed by atoms with van der Waals surface area (Å²) in [6.45, 7) is 6.72. The number of rotatable bonds is 4. The Balaban J connectivity index is 2.07. The highest BCUT2D eigenvalue weighted by Crippen LogP contribution is 2.26. The molecule has 142 valence electrons. The van der Waals surface area contributed by atoms with Gasteiger partial charge in [-0.1, -0.05) is 32.4 Å². The summed E-state index contributed by atoms with van der Waals surface area (Å²) in [6, 6.07) is 4.88. The SMILES string of the molecule is COc1ccc(Cl)cc1C(=O)N=c1sc(C(C)(C)C)cn1Cc1ncco1. The Morgan fingerprint density at radius 1 is 1.41 bits per heavy atom. The van der Waals surface area contributed by atoms with E-state index in [2.05, 4.69) is 30.7 Å². The molecule has 0 bridgehead atoms. The second kappa shape index (κ2) is 7.70. The smallest absolute Gasteiger partial charge is 0.283 e. The van der Waals surface area contributed by atoms with Gasteiger partial charge < -0.3 is 13.7 Å². The van der Waals surface area contributed by atoms with Crippen LogP contribution in [-0.4, -0.2) is 22.6 Å². The van der Waals surface area contributed by atoms with Crippen LogP contribution in [0.3, 0.4) is 0 Å². The molecule has 0 spiro atoms. The van der Waals surface area contributed by atoms with Gasteiger partial charge in [0.15, 0.2) is 4.80 Å². The van der Waals surface area contributed by atoms with Crippen molar-refractivity contribution in [3.05, 3.63) is 63.0 Å². The molecule has 0 saturated heterocycles. The number of amides is 1. The van der Waals surface area contributed by atoms with Crippen molar-refractivity contribution in [3.63, 3.8) is 0 Å². The highest BCUT2D eigenvalue weighted by Gasteiger charge is 2.19. The van der Waals surface area contributed by atoms with Gasteiger partial charge in [-0.05, 0) is 23.6 Å². The molecule has 0 saturated carbocycles. The van der Waals surface area contributed by atoms with Gasteiger partial charge in [0.2, 0.25) is 5.89 Å². The van der Waals surface area contributed by atoms with E-state index in [4.69, 9.17) is 20.8 Å². The first kappa shape index (κ1) is 19.4. The fourth-order valence-corrected chi connectivity index (χ4v) is 3.62. The zero-order valence-electron chi connectivity index (χ0n) is 15.5. The summed E-state index contributed by atoms with van der Waals surface area (Å²) in [4.78, 5) is 22.9. The highest BCUT2D eigenvalue weighted by molar-refractivity contribution is 7.09. The number of methoxy groups -OCH3 is 1. The van der Waals surface area contributed by atoms with Crippen molar-refractivity contribution in [1.82, 2.24) is 9.55 Å². The van der Waals surface area contributed by atoms with Crippen molar-refractivity contribution in [2.45, 2.75) is 32.7 Å². The molecule has 0 fully saturated rings. The lowest BCUT2D eigenvalue weighted by atomic mass is 9.95. The van der Waals surface area contributed by atoms with Gasteiger partial charge in [-0.25, -0.2) is 4.98 Å². The van der Waals surface area contributed by atoms with Gasteiger partial charge in [-0.2, -0.15) is 4.99 Å². The number of thiazole rings is 1. The second-order valence-electron chi connectivity index (χ2n) is 6.94. The fraction of sp³-hybridized carbons (Fsp3) is 0.316. The second-order valence-corrected chi connectivity index (χ2v) is 8.39. The quantitative estimate of drug-likeness (QED) is 0.649. The van der Waals surface area contributed by atoms with Crippen LogP contribution in [0.15, 0.2) is 46.3 Å². The van der Waals surface area contributed by atoms with E-state index in [1.807, 2.05) is 10.8 Å². The van der Waals surface area contributed by atoms with E-state index in [9.17, 15) is 4.79 Å². The molecule has 3 rings (SSSR count). The maximum Gasteiger partial charge on any atom is 0.283 e. The minimum absolute atomic E-state index is 0.0758. The number of oxazole rings is 1. The normalized spacial score (nSPS) is 12.4. The summed E-state index contributed by atoms with van der Waals surface area (Å²) < 4.78 is 12.5. The lowest BCUT2D eigenvalue weighted by Gasteiger charge is -2.14. The Hall–Kier alpha value is -2.38. The third kappa shape index (κ3) is 4.48. The van der Waals surface area contributed by atoms with Crippen LogP contribution in [0.25, 0.3) is 0 Å². The number of hydrogen-bond acceptors (Lipinski definition) is 5. The summed E-state index contributed by atoms with van der Waals surface area (Å²) in [6.07, 6.45) is 5.09. The third-order valence-corrected chi connectivity index (χ3v) is 5.52. The van der Waals surface area contributed by atoms with Crippen LogP contribution in [0.4, 0.5) is 0 Å². The van der Waals surface area contributed by atoms with Crippen LogP contribution in [0, 0.1) is 0 Å². The molecule has 0 unspecified atom stereocenters. The number of halogens is 1. The Kier molecular flexibility index (Phi) is 5.53. The topological polar surface area (TPSA) is 69.6 Å². The number of benzene rings is 1. The first-order valence-electron chi connectivity index (χ1n) is 8.29. The predicted octanol–water partition coefficient (Wildman–Crippen LogP) is 4.29. The van der Waals surface area contributed by atoms with Crippen LogP contribution in [0.1, 0.15) is 41.9 Å². The van der Waals surface area contributed by atoms with Crippen LogP contribution < -0.4 is 9.54 Å². The molecule has 2 heterocycles.